The zero-order valence-corrected chi connectivity index (χ0v) is 12.7. The van der Waals surface area contributed by atoms with Gasteiger partial charge in [-0.05, 0) is 6.07 Å². The molecule has 7 nitrogen and oxygen atoms in total. The first-order valence-electron chi connectivity index (χ1n) is 7.60. The summed E-state index contributed by atoms with van der Waals surface area (Å²) in [5.41, 5.74) is 1.19. The Balaban J connectivity index is 1.33. The quantitative estimate of drug-likeness (QED) is 0.885. The molecule has 118 valence electrons. The molecule has 1 aliphatic carbocycles. The van der Waals surface area contributed by atoms with Gasteiger partial charge in [-0.15, -0.1) is 0 Å². The van der Waals surface area contributed by atoms with Crippen molar-refractivity contribution in [3.8, 4) is 0 Å². The highest BCUT2D eigenvalue weighted by Gasteiger charge is 2.57. The van der Waals surface area contributed by atoms with Crippen LogP contribution in [0.3, 0.4) is 0 Å². The third-order valence-corrected chi connectivity index (χ3v) is 4.68. The van der Waals surface area contributed by atoms with Crippen LogP contribution in [0, 0.1) is 11.8 Å². The molecule has 4 rings (SSSR count). The molecular formula is C16H17N5O2. The highest BCUT2D eigenvalue weighted by Crippen LogP contribution is 2.45. The Labute approximate surface area is 133 Å². The summed E-state index contributed by atoms with van der Waals surface area (Å²) in [5, 5.41) is 3.01. The molecule has 0 radical (unpaired) electrons. The SMILES string of the molecule is Cn1ccc(C(=O)N2C[C@@H]3C(NC(=O)c4cncnc4)[C@@H]3C2)c1. The molecule has 1 unspecified atom stereocenters. The maximum Gasteiger partial charge on any atom is 0.255 e. The lowest BCUT2D eigenvalue weighted by molar-refractivity contribution is 0.0769. The summed E-state index contributed by atoms with van der Waals surface area (Å²) in [7, 11) is 1.90. The van der Waals surface area contributed by atoms with Gasteiger partial charge in [-0.25, -0.2) is 9.97 Å². The van der Waals surface area contributed by atoms with E-state index in [1.54, 1.807) is 0 Å². The molecule has 3 atom stereocenters. The topological polar surface area (TPSA) is 80.1 Å². The average Bonchev–Trinajstić information content (AvgIpc) is 2.96. The minimum absolute atomic E-state index is 0.0688. The number of nitrogens with zero attached hydrogens (tertiary/aromatic N) is 4. The molecule has 7 heteroatoms. The van der Waals surface area contributed by atoms with Gasteiger partial charge >= 0.3 is 0 Å². The fraction of sp³-hybridized carbons (Fsp3) is 0.375. The molecular weight excluding hydrogens is 294 g/mol. The van der Waals surface area contributed by atoms with Crippen molar-refractivity contribution in [2.24, 2.45) is 18.9 Å². The van der Waals surface area contributed by atoms with Gasteiger partial charge in [-0.3, -0.25) is 9.59 Å². The van der Waals surface area contributed by atoms with Crippen LogP contribution in [0.5, 0.6) is 0 Å². The monoisotopic (exact) mass is 311 g/mol. The molecule has 2 aromatic heterocycles. The first-order chi connectivity index (χ1) is 11.1. The van der Waals surface area contributed by atoms with Gasteiger partial charge in [0.1, 0.15) is 6.33 Å². The van der Waals surface area contributed by atoms with Gasteiger partial charge in [-0.2, -0.15) is 0 Å². The van der Waals surface area contributed by atoms with Crippen molar-refractivity contribution in [3.05, 3.63) is 48.3 Å². The smallest absolute Gasteiger partial charge is 0.255 e. The van der Waals surface area contributed by atoms with E-state index in [0.29, 0.717) is 30.5 Å². The molecule has 0 bridgehead atoms. The minimum atomic E-state index is -0.147. The van der Waals surface area contributed by atoms with E-state index in [1.165, 1.54) is 18.7 Å². The number of aromatic nitrogens is 3. The van der Waals surface area contributed by atoms with Crippen LogP contribution in [0.25, 0.3) is 0 Å². The lowest BCUT2D eigenvalue weighted by Crippen LogP contribution is -2.37. The maximum atomic E-state index is 12.4. The number of hydrogen-bond acceptors (Lipinski definition) is 4. The predicted octanol–water partition coefficient (Wildman–Crippen LogP) is 0.315. The maximum absolute atomic E-state index is 12.4. The third kappa shape index (κ3) is 2.48. The largest absolute Gasteiger partial charge is 0.356 e. The molecule has 2 aliphatic rings. The van der Waals surface area contributed by atoms with Crippen molar-refractivity contribution in [2.75, 3.05) is 13.1 Å². The van der Waals surface area contributed by atoms with E-state index >= 15 is 0 Å². The fourth-order valence-electron chi connectivity index (χ4n) is 3.37. The van der Waals surface area contributed by atoms with E-state index in [0.717, 1.165) is 5.56 Å². The van der Waals surface area contributed by atoms with E-state index in [2.05, 4.69) is 15.3 Å². The summed E-state index contributed by atoms with van der Waals surface area (Å²) in [4.78, 5) is 34.1. The van der Waals surface area contributed by atoms with Gasteiger partial charge in [-0.1, -0.05) is 0 Å². The van der Waals surface area contributed by atoms with Gasteiger partial charge in [0.05, 0.1) is 11.1 Å². The average molecular weight is 311 g/mol. The molecule has 2 fully saturated rings. The van der Waals surface area contributed by atoms with Gasteiger partial charge < -0.3 is 14.8 Å². The van der Waals surface area contributed by atoms with Crippen molar-refractivity contribution >= 4 is 11.8 Å². The number of rotatable bonds is 3. The summed E-state index contributed by atoms with van der Waals surface area (Å²) in [6, 6.07) is 1.99. The first kappa shape index (κ1) is 13.9. The van der Waals surface area contributed by atoms with Crippen molar-refractivity contribution in [1.29, 1.82) is 0 Å². The summed E-state index contributed by atoms with van der Waals surface area (Å²) >= 11 is 0. The number of amides is 2. The summed E-state index contributed by atoms with van der Waals surface area (Å²) in [6.07, 6.45) is 8.11. The standard InChI is InChI=1S/C16H17N5O2/c1-20-3-2-10(6-20)16(23)21-7-12-13(8-21)14(12)19-15(22)11-4-17-9-18-5-11/h2-6,9,12-14H,7-8H2,1H3,(H,19,22)/t12-,13+,14?. The van der Waals surface area contributed by atoms with Gasteiger partial charge in [0, 0.05) is 62.8 Å². The Morgan fingerprint density at radius 1 is 1.17 bits per heavy atom. The molecule has 1 saturated carbocycles. The second kappa shape index (κ2) is 5.19. The number of likely N-dealkylation sites (tertiary alicyclic amines) is 1. The fourth-order valence-corrected chi connectivity index (χ4v) is 3.37. The number of carbonyl (C=O) groups is 2. The Morgan fingerprint density at radius 3 is 2.48 bits per heavy atom. The van der Waals surface area contributed by atoms with Gasteiger partial charge in [0.15, 0.2) is 0 Å². The Kier molecular flexibility index (Phi) is 3.14. The molecule has 1 N–H and O–H groups in total. The second-order valence-electron chi connectivity index (χ2n) is 6.23. The first-order valence-corrected chi connectivity index (χ1v) is 7.60. The summed E-state index contributed by atoms with van der Waals surface area (Å²) in [5.74, 6) is 0.637. The Morgan fingerprint density at radius 2 is 1.87 bits per heavy atom. The van der Waals surface area contributed by atoms with Crippen LogP contribution in [0.15, 0.2) is 37.2 Å². The zero-order valence-electron chi connectivity index (χ0n) is 12.7. The molecule has 2 aromatic rings. The van der Waals surface area contributed by atoms with Crippen LogP contribution in [0.4, 0.5) is 0 Å². The lowest BCUT2D eigenvalue weighted by Gasteiger charge is -2.19. The number of carbonyl (C=O) groups excluding carboxylic acids is 2. The molecule has 23 heavy (non-hydrogen) atoms. The van der Waals surface area contributed by atoms with Crippen molar-refractivity contribution in [1.82, 2.24) is 24.8 Å². The number of piperidine rings is 1. The third-order valence-electron chi connectivity index (χ3n) is 4.68. The van der Waals surface area contributed by atoms with E-state index < -0.39 is 0 Å². The van der Waals surface area contributed by atoms with Crippen LogP contribution in [0.1, 0.15) is 20.7 Å². The lowest BCUT2D eigenvalue weighted by atomic mass is 10.2. The second-order valence-corrected chi connectivity index (χ2v) is 6.23. The highest BCUT2D eigenvalue weighted by atomic mass is 16.2. The highest BCUT2D eigenvalue weighted by molar-refractivity contribution is 5.95. The van der Waals surface area contributed by atoms with E-state index in [9.17, 15) is 9.59 Å². The molecule has 1 aliphatic heterocycles. The molecule has 3 heterocycles. The van der Waals surface area contributed by atoms with Crippen LogP contribution >= 0.6 is 0 Å². The Bertz CT molecular complexity index is 745. The van der Waals surface area contributed by atoms with Crippen LogP contribution in [0.2, 0.25) is 0 Å². The normalized spacial score (nSPS) is 25.1. The van der Waals surface area contributed by atoms with Crippen molar-refractivity contribution in [2.45, 2.75) is 6.04 Å². The molecule has 0 spiro atoms. The minimum Gasteiger partial charge on any atom is -0.356 e. The van der Waals surface area contributed by atoms with Crippen LogP contribution in [-0.4, -0.2) is 50.4 Å². The Hall–Kier alpha value is -2.70. The number of aryl methyl sites for hydroxylation is 1. The number of nitrogens with one attached hydrogen (secondary N) is 1. The van der Waals surface area contributed by atoms with Crippen molar-refractivity contribution < 1.29 is 9.59 Å². The summed E-state index contributed by atoms with van der Waals surface area (Å²) < 4.78 is 1.87. The molecule has 2 amide bonds. The summed E-state index contributed by atoms with van der Waals surface area (Å²) in [6.45, 7) is 1.41. The van der Waals surface area contributed by atoms with Gasteiger partial charge in [0.2, 0.25) is 0 Å². The molecule has 1 saturated heterocycles. The van der Waals surface area contributed by atoms with Crippen molar-refractivity contribution in [3.63, 3.8) is 0 Å². The van der Waals surface area contributed by atoms with E-state index in [1.807, 2.05) is 35.0 Å². The van der Waals surface area contributed by atoms with E-state index in [4.69, 9.17) is 0 Å². The van der Waals surface area contributed by atoms with Crippen LogP contribution in [-0.2, 0) is 7.05 Å². The predicted molar refractivity (Wildman–Crippen MR) is 81.6 cm³/mol. The van der Waals surface area contributed by atoms with E-state index in [-0.39, 0.29) is 17.9 Å². The number of fused-ring (bicyclic) bond motifs is 1. The molecule has 0 aromatic carbocycles. The zero-order chi connectivity index (χ0) is 16.0. The van der Waals surface area contributed by atoms with Gasteiger partial charge in [0.25, 0.3) is 11.8 Å². The number of hydrogen-bond donors (Lipinski definition) is 1. The van der Waals surface area contributed by atoms with Crippen LogP contribution < -0.4 is 5.32 Å².